The predicted octanol–water partition coefficient (Wildman–Crippen LogP) is 1.23. The lowest BCUT2D eigenvalue weighted by atomic mass is 10.2. The fourth-order valence-corrected chi connectivity index (χ4v) is 1.27. The quantitative estimate of drug-likeness (QED) is 0.623. The van der Waals surface area contributed by atoms with Crippen LogP contribution in [0.25, 0.3) is 0 Å². The van der Waals surface area contributed by atoms with Gasteiger partial charge in [-0.05, 0) is 0 Å². The van der Waals surface area contributed by atoms with Crippen LogP contribution in [0.15, 0.2) is 6.07 Å². The molecule has 0 aliphatic heterocycles. The number of hydrogen-bond acceptors (Lipinski definition) is 7. The van der Waals surface area contributed by atoms with Crippen LogP contribution < -0.4 is 9.47 Å². The Hall–Kier alpha value is -2.58. The molecule has 17 heavy (non-hydrogen) atoms. The lowest BCUT2D eigenvalue weighted by Gasteiger charge is -2.09. The third kappa shape index (κ3) is 2.02. The molecule has 0 atom stereocenters. The minimum atomic E-state index is -0.954. The van der Waals surface area contributed by atoms with Crippen LogP contribution in [0, 0.1) is 20.2 Å². The van der Waals surface area contributed by atoms with E-state index in [4.69, 9.17) is 4.74 Å². The highest BCUT2D eigenvalue weighted by molar-refractivity contribution is 5.70. The summed E-state index contributed by atoms with van der Waals surface area (Å²) in [6.07, 6.45) is 0. The summed E-state index contributed by atoms with van der Waals surface area (Å²) < 4.78 is 9.36. The van der Waals surface area contributed by atoms with Crippen molar-refractivity contribution in [1.82, 2.24) is 0 Å². The molecule has 1 aromatic carbocycles. The Labute approximate surface area is 94.5 Å². The number of methoxy groups -OCH3 is 2. The number of aromatic hydroxyl groups is 1. The summed E-state index contributed by atoms with van der Waals surface area (Å²) in [6.45, 7) is 0. The zero-order valence-electron chi connectivity index (χ0n) is 8.87. The molecule has 0 aliphatic rings. The molecular weight excluding hydrogens is 236 g/mol. The average molecular weight is 244 g/mol. The number of rotatable bonds is 4. The maximum Gasteiger partial charge on any atom is 0.322 e. The molecular formula is C8H8N2O7. The standard InChI is InChI=1S/C8H8N2O7/c1-16-7-5(10(14)15)3-4(9(12)13)6(11)8(7)17-2/h3,11H,1-2H3. The van der Waals surface area contributed by atoms with Crippen LogP contribution in [0.5, 0.6) is 17.2 Å². The molecule has 92 valence electrons. The van der Waals surface area contributed by atoms with Gasteiger partial charge in [-0.15, -0.1) is 0 Å². The predicted molar refractivity (Wildman–Crippen MR) is 54.5 cm³/mol. The number of nitrogens with zero attached hydrogens (tertiary/aromatic N) is 2. The van der Waals surface area contributed by atoms with Crippen molar-refractivity contribution in [3.8, 4) is 17.2 Å². The van der Waals surface area contributed by atoms with E-state index >= 15 is 0 Å². The second kappa shape index (κ2) is 4.51. The lowest BCUT2D eigenvalue weighted by molar-refractivity contribution is -0.395. The molecule has 0 fully saturated rings. The van der Waals surface area contributed by atoms with Crippen LogP contribution in [0.3, 0.4) is 0 Å². The molecule has 0 saturated heterocycles. The van der Waals surface area contributed by atoms with Gasteiger partial charge in [-0.2, -0.15) is 0 Å². The van der Waals surface area contributed by atoms with Gasteiger partial charge in [-0.3, -0.25) is 20.2 Å². The first-order chi connectivity index (χ1) is 7.93. The zero-order chi connectivity index (χ0) is 13.2. The third-order valence-electron chi connectivity index (χ3n) is 1.97. The summed E-state index contributed by atoms with van der Waals surface area (Å²) in [7, 11) is 2.22. The van der Waals surface area contributed by atoms with E-state index in [1.807, 2.05) is 0 Å². The first kappa shape index (κ1) is 12.5. The Bertz CT molecular complexity index is 485. The number of nitro benzene ring substituents is 2. The van der Waals surface area contributed by atoms with Gasteiger partial charge in [-0.1, -0.05) is 0 Å². The Morgan fingerprint density at radius 3 is 1.88 bits per heavy atom. The molecule has 0 unspecified atom stereocenters. The number of phenolic OH excluding ortho intramolecular Hbond substituents is 1. The van der Waals surface area contributed by atoms with Crippen molar-refractivity contribution in [3.63, 3.8) is 0 Å². The molecule has 1 rings (SSSR count). The van der Waals surface area contributed by atoms with Crippen molar-refractivity contribution < 1.29 is 24.4 Å². The van der Waals surface area contributed by atoms with Crippen LogP contribution in [-0.4, -0.2) is 29.2 Å². The van der Waals surface area contributed by atoms with E-state index in [1.165, 1.54) is 0 Å². The van der Waals surface area contributed by atoms with Crippen LogP contribution in [0.4, 0.5) is 11.4 Å². The molecule has 0 spiro atoms. The molecule has 0 radical (unpaired) electrons. The van der Waals surface area contributed by atoms with Gasteiger partial charge in [0.2, 0.25) is 17.2 Å². The highest BCUT2D eigenvalue weighted by atomic mass is 16.6. The Morgan fingerprint density at radius 1 is 1.06 bits per heavy atom. The number of benzene rings is 1. The van der Waals surface area contributed by atoms with Gasteiger partial charge >= 0.3 is 11.4 Å². The zero-order valence-corrected chi connectivity index (χ0v) is 8.87. The van der Waals surface area contributed by atoms with Crippen molar-refractivity contribution in [2.75, 3.05) is 14.2 Å². The minimum Gasteiger partial charge on any atom is -0.499 e. The third-order valence-corrected chi connectivity index (χ3v) is 1.97. The molecule has 0 heterocycles. The smallest absolute Gasteiger partial charge is 0.322 e. The van der Waals surface area contributed by atoms with E-state index in [0.29, 0.717) is 6.07 Å². The fourth-order valence-electron chi connectivity index (χ4n) is 1.27. The van der Waals surface area contributed by atoms with E-state index in [1.54, 1.807) is 0 Å². The number of nitro groups is 2. The fraction of sp³-hybridized carbons (Fsp3) is 0.250. The first-order valence-corrected chi connectivity index (χ1v) is 4.20. The molecule has 0 aromatic heterocycles. The second-order valence-electron chi connectivity index (χ2n) is 2.84. The Kier molecular flexibility index (Phi) is 3.31. The molecule has 0 aliphatic carbocycles. The van der Waals surface area contributed by atoms with Gasteiger partial charge < -0.3 is 14.6 Å². The molecule has 0 saturated carbocycles. The van der Waals surface area contributed by atoms with Crippen LogP contribution in [0.1, 0.15) is 0 Å². The topological polar surface area (TPSA) is 125 Å². The first-order valence-electron chi connectivity index (χ1n) is 4.20. The van der Waals surface area contributed by atoms with Crippen molar-refractivity contribution >= 4 is 11.4 Å². The monoisotopic (exact) mass is 244 g/mol. The summed E-state index contributed by atoms with van der Waals surface area (Å²) >= 11 is 0. The van der Waals surface area contributed by atoms with E-state index < -0.39 is 32.7 Å². The van der Waals surface area contributed by atoms with Crippen LogP contribution >= 0.6 is 0 Å². The van der Waals surface area contributed by atoms with E-state index in [9.17, 15) is 25.3 Å². The Morgan fingerprint density at radius 2 is 1.53 bits per heavy atom. The minimum absolute atomic E-state index is 0.374. The second-order valence-corrected chi connectivity index (χ2v) is 2.84. The van der Waals surface area contributed by atoms with Gasteiger partial charge in [0, 0.05) is 0 Å². The van der Waals surface area contributed by atoms with Gasteiger partial charge in [0.05, 0.1) is 24.1 Å². The highest BCUT2D eigenvalue weighted by Crippen LogP contribution is 2.48. The van der Waals surface area contributed by atoms with Gasteiger partial charge in [-0.25, -0.2) is 0 Å². The van der Waals surface area contributed by atoms with E-state index in [2.05, 4.69) is 4.74 Å². The van der Waals surface area contributed by atoms with Crippen molar-refractivity contribution in [2.45, 2.75) is 0 Å². The number of hydrogen-bond donors (Lipinski definition) is 1. The van der Waals surface area contributed by atoms with Crippen molar-refractivity contribution in [1.29, 1.82) is 0 Å². The van der Waals surface area contributed by atoms with E-state index in [0.717, 1.165) is 14.2 Å². The number of ether oxygens (including phenoxy) is 2. The maximum atomic E-state index is 10.7. The molecule has 9 heteroatoms. The largest absolute Gasteiger partial charge is 0.499 e. The van der Waals surface area contributed by atoms with Crippen LogP contribution in [-0.2, 0) is 0 Å². The summed E-state index contributed by atoms with van der Waals surface area (Å²) in [5.74, 6) is -1.64. The summed E-state index contributed by atoms with van der Waals surface area (Å²) in [6, 6.07) is 0.608. The van der Waals surface area contributed by atoms with Gasteiger partial charge in [0.25, 0.3) is 0 Å². The SMILES string of the molecule is COc1c([N+](=O)[O-])cc([N+](=O)[O-])c(O)c1OC. The van der Waals surface area contributed by atoms with Crippen LogP contribution in [0.2, 0.25) is 0 Å². The van der Waals surface area contributed by atoms with E-state index in [-0.39, 0.29) is 5.75 Å². The molecule has 0 amide bonds. The average Bonchev–Trinajstić information content (AvgIpc) is 2.27. The summed E-state index contributed by atoms with van der Waals surface area (Å²) in [5.41, 5.74) is -1.48. The Balaban J connectivity index is 3.67. The molecule has 1 aromatic rings. The van der Waals surface area contributed by atoms with Gasteiger partial charge in [0.1, 0.15) is 6.07 Å². The molecule has 0 bridgehead atoms. The van der Waals surface area contributed by atoms with Crippen molar-refractivity contribution in [2.24, 2.45) is 0 Å². The normalized spacial score (nSPS) is 9.76. The van der Waals surface area contributed by atoms with Crippen molar-refractivity contribution in [3.05, 3.63) is 26.3 Å². The lowest BCUT2D eigenvalue weighted by Crippen LogP contribution is -2.00. The van der Waals surface area contributed by atoms with Gasteiger partial charge in [0.15, 0.2) is 0 Å². The summed E-state index contributed by atoms with van der Waals surface area (Å²) in [5, 5.41) is 30.8. The summed E-state index contributed by atoms with van der Waals surface area (Å²) in [4.78, 5) is 19.5. The highest BCUT2D eigenvalue weighted by Gasteiger charge is 2.31. The maximum absolute atomic E-state index is 10.7. The number of phenols is 1. The molecule has 9 nitrogen and oxygen atoms in total. The molecule has 1 N–H and O–H groups in total.